The van der Waals surface area contributed by atoms with Gasteiger partial charge in [0.15, 0.2) is 0 Å². The predicted octanol–water partition coefficient (Wildman–Crippen LogP) is 5.53. The van der Waals surface area contributed by atoms with Crippen molar-refractivity contribution >= 4 is 0 Å². The van der Waals surface area contributed by atoms with Gasteiger partial charge in [0.05, 0.1) is 13.2 Å². The van der Waals surface area contributed by atoms with E-state index in [9.17, 15) is 0 Å². The van der Waals surface area contributed by atoms with Crippen LogP contribution >= 0.6 is 0 Å². The van der Waals surface area contributed by atoms with Gasteiger partial charge in [-0.2, -0.15) is 0 Å². The van der Waals surface area contributed by atoms with Crippen molar-refractivity contribution in [2.45, 2.75) is 69.8 Å². The van der Waals surface area contributed by atoms with Crippen molar-refractivity contribution in [2.75, 3.05) is 26.8 Å². The fourth-order valence-corrected chi connectivity index (χ4v) is 5.20. The summed E-state index contributed by atoms with van der Waals surface area (Å²) in [6.07, 6.45) is 6.05. The zero-order chi connectivity index (χ0) is 21.5. The van der Waals surface area contributed by atoms with Gasteiger partial charge in [-0.25, -0.2) is 0 Å². The van der Waals surface area contributed by atoms with Gasteiger partial charge in [-0.15, -0.1) is 0 Å². The maximum Gasteiger partial charge on any atom is 0.213 e. The Morgan fingerprint density at radius 3 is 2.39 bits per heavy atom. The Morgan fingerprint density at radius 1 is 1.03 bits per heavy atom. The third-order valence-corrected chi connectivity index (χ3v) is 7.50. The molecule has 2 aliphatic heterocycles. The van der Waals surface area contributed by atoms with E-state index in [4.69, 9.17) is 14.2 Å². The Kier molecular flexibility index (Phi) is 5.58. The van der Waals surface area contributed by atoms with E-state index in [2.05, 4.69) is 61.2 Å². The Hall–Kier alpha value is -1.88. The molecule has 0 bridgehead atoms. The molecule has 2 aromatic carbocycles. The van der Waals surface area contributed by atoms with Gasteiger partial charge in [-0.05, 0) is 41.7 Å². The van der Waals surface area contributed by atoms with Gasteiger partial charge in [0.2, 0.25) is 5.79 Å². The van der Waals surface area contributed by atoms with Gasteiger partial charge in [-0.3, -0.25) is 4.90 Å². The van der Waals surface area contributed by atoms with Crippen LogP contribution in [0.1, 0.15) is 57.1 Å². The molecule has 0 unspecified atom stereocenters. The molecule has 0 aromatic heterocycles. The van der Waals surface area contributed by atoms with E-state index in [1.165, 1.54) is 36.0 Å². The molecule has 1 saturated carbocycles. The second-order valence-corrected chi connectivity index (χ2v) is 10.1. The summed E-state index contributed by atoms with van der Waals surface area (Å²) in [6.45, 7) is 7.94. The number of benzene rings is 2. The lowest BCUT2D eigenvalue weighted by Crippen LogP contribution is -2.54. The summed E-state index contributed by atoms with van der Waals surface area (Å²) < 4.78 is 18.2. The Bertz CT molecular complexity index is 909. The number of hydrogen-bond acceptors (Lipinski definition) is 4. The minimum absolute atomic E-state index is 0.00728. The van der Waals surface area contributed by atoms with Crippen LogP contribution in [0.2, 0.25) is 0 Å². The van der Waals surface area contributed by atoms with Gasteiger partial charge in [0, 0.05) is 50.1 Å². The highest BCUT2D eigenvalue weighted by molar-refractivity contribution is 5.66. The molecule has 5 rings (SSSR count). The quantitative estimate of drug-likeness (QED) is 0.635. The maximum atomic E-state index is 6.46. The molecule has 1 saturated heterocycles. The SMILES string of the molecule is COCC(C)(C)c1ccc(-c2ccc3c(c2)COC2(CCN(C4CCC4)CC2)O3)cc1. The van der Waals surface area contributed by atoms with Crippen LogP contribution in [-0.4, -0.2) is 43.5 Å². The lowest BCUT2D eigenvalue weighted by atomic mass is 9.84. The number of fused-ring (bicyclic) bond motifs is 1. The van der Waals surface area contributed by atoms with Crippen molar-refractivity contribution in [3.05, 3.63) is 53.6 Å². The highest BCUT2D eigenvalue weighted by Crippen LogP contribution is 2.40. The van der Waals surface area contributed by atoms with Crippen LogP contribution in [0.25, 0.3) is 11.1 Å². The molecular formula is C27H35NO3. The molecule has 2 aromatic rings. The van der Waals surface area contributed by atoms with Crippen molar-refractivity contribution in [3.63, 3.8) is 0 Å². The van der Waals surface area contributed by atoms with E-state index < -0.39 is 5.79 Å². The molecule has 2 heterocycles. The Balaban J connectivity index is 1.28. The fraction of sp³-hybridized carbons (Fsp3) is 0.556. The minimum atomic E-state index is -0.427. The number of methoxy groups -OCH3 is 1. The molecule has 1 aliphatic carbocycles. The smallest absolute Gasteiger partial charge is 0.213 e. The summed E-state index contributed by atoms with van der Waals surface area (Å²) in [4.78, 5) is 2.64. The lowest BCUT2D eigenvalue weighted by molar-refractivity contribution is -0.231. The van der Waals surface area contributed by atoms with Crippen LogP contribution in [0.4, 0.5) is 0 Å². The van der Waals surface area contributed by atoms with Crippen molar-refractivity contribution in [1.82, 2.24) is 4.90 Å². The van der Waals surface area contributed by atoms with E-state index >= 15 is 0 Å². The van der Waals surface area contributed by atoms with Crippen LogP contribution in [-0.2, 0) is 21.5 Å². The van der Waals surface area contributed by atoms with Crippen LogP contribution < -0.4 is 4.74 Å². The molecule has 31 heavy (non-hydrogen) atoms. The molecule has 4 heteroatoms. The summed E-state index contributed by atoms with van der Waals surface area (Å²) in [5.41, 5.74) is 4.87. The molecule has 2 fully saturated rings. The number of likely N-dealkylation sites (tertiary alicyclic amines) is 1. The van der Waals surface area contributed by atoms with E-state index in [-0.39, 0.29) is 5.41 Å². The third kappa shape index (κ3) is 4.13. The first-order valence-electron chi connectivity index (χ1n) is 11.8. The monoisotopic (exact) mass is 421 g/mol. The zero-order valence-corrected chi connectivity index (χ0v) is 19.2. The van der Waals surface area contributed by atoms with Crippen LogP contribution in [0.15, 0.2) is 42.5 Å². The molecule has 0 atom stereocenters. The fourth-order valence-electron chi connectivity index (χ4n) is 5.20. The van der Waals surface area contributed by atoms with Gasteiger partial charge in [0.1, 0.15) is 5.75 Å². The summed E-state index contributed by atoms with van der Waals surface area (Å²) >= 11 is 0. The van der Waals surface area contributed by atoms with Crippen LogP contribution in [0.5, 0.6) is 5.75 Å². The molecule has 4 nitrogen and oxygen atoms in total. The van der Waals surface area contributed by atoms with Gasteiger partial charge in [-0.1, -0.05) is 50.6 Å². The van der Waals surface area contributed by atoms with Gasteiger partial charge >= 0.3 is 0 Å². The first-order valence-corrected chi connectivity index (χ1v) is 11.8. The van der Waals surface area contributed by atoms with Crippen LogP contribution in [0.3, 0.4) is 0 Å². The number of ether oxygens (including phenoxy) is 3. The third-order valence-electron chi connectivity index (χ3n) is 7.50. The molecule has 0 amide bonds. The highest BCUT2D eigenvalue weighted by atomic mass is 16.7. The molecule has 0 radical (unpaired) electrons. The van der Waals surface area contributed by atoms with Crippen molar-refractivity contribution in [1.29, 1.82) is 0 Å². The van der Waals surface area contributed by atoms with E-state index in [0.29, 0.717) is 13.2 Å². The van der Waals surface area contributed by atoms with Crippen molar-refractivity contribution in [2.24, 2.45) is 0 Å². The standard InChI is InChI=1S/C27H35NO3/c1-26(2,19-29-3)23-10-7-20(8-11-23)21-9-12-25-22(17-21)18-30-27(31-25)13-15-28(16-14-27)24-5-4-6-24/h7-12,17,24H,4-6,13-16,18-19H2,1-3H3. The molecular weight excluding hydrogens is 386 g/mol. The first-order chi connectivity index (χ1) is 15.0. The average Bonchev–Trinajstić information content (AvgIpc) is 2.74. The summed E-state index contributed by atoms with van der Waals surface area (Å²) in [7, 11) is 1.76. The number of nitrogens with zero attached hydrogens (tertiary/aromatic N) is 1. The molecule has 0 N–H and O–H groups in total. The van der Waals surface area contributed by atoms with Gasteiger partial charge < -0.3 is 14.2 Å². The Labute approximate surface area is 186 Å². The Morgan fingerprint density at radius 2 is 1.74 bits per heavy atom. The number of hydrogen-bond donors (Lipinski definition) is 0. The zero-order valence-electron chi connectivity index (χ0n) is 19.2. The number of rotatable bonds is 5. The van der Waals surface area contributed by atoms with E-state index in [1.54, 1.807) is 7.11 Å². The van der Waals surface area contributed by atoms with Crippen molar-refractivity contribution in [3.8, 4) is 16.9 Å². The molecule has 3 aliphatic rings. The second kappa shape index (κ2) is 8.23. The second-order valence-electron chi connectivity index (χ2n) is 10.1. The topological polar surface area (TPSA) is 30.9 Å². The first kappa shape index (κ1) is 21.0. The van der Waals surface area contributed by atoms with E-state index in [1.807, 2.05) is 0 Å². The normalized spacial score (nSPS) is 21.4. The summed E-state index contributed by atoms with van der Waals surface area (Å²) in [5, 5.41) is 0. The van der Waals surface area contributed by atoms with Gasteiger partial charge in [0.25, 0.3) is 0 Å². The molecule has 1 spiro atoms. The van der Waals surface area contributed by atoms with E-state index in [0.717, 1.165) is 43.3 Å². The number of piperidine rings is 1. The molecule has 166 valence electrons. The lowest BCUT2D eigenvalue weighted by Gasteiger charge is -2.47. The summed E-state index contributed by atoms with van der Waals surface area (Å²) in [6, 6.07) is 16.2. The van der Waals surface area contributed by atoms with Crippen molar-refractivity contribution < 1.29 is 14.2 Å². The average molecular weight is 422 g/mol. The predicted molar refractivity (Wildman–Crippen MR) is 123 cm³/mol. The van der Waals surface area contributed by atoms with Crippen LogP contribution in [0, 0.1) is 0 Å². The summed E-state index contributed by atoms with van der Waals surface area (Å²) in [5.74, 6) is 0.563. The largest absolute Gasteiger partial charge is 0.462 e. The highest BCUT2D eigenvalue weighted by Gasteiger charge is 2.42. The minimum Gasteiger partial charge on any atom is -0.462 e. The maximum absolute atomic E-state index is 6.46.